The van der Waals surface area contributed by atoms with Gasteiger partial charge in [-0.25, -0.2) is 0 Å². The predicted molar refractivity (Wildman–Crippen MR) is 206 cm³/mol. The number of fused-ring (bicyclic) bond motifs is 12. The third-order valence-corrected chi connectivity index (χ3v) is 14.2. The number of nitrogens with zero attached hydrogens (tertiary/aromatic N) is 2. The van der Waals surface area contributed by atoms with Gasteiger partial charge in [-0.3, -0.25) is 0 Å². The van der Waals surface area contributed by atoms with Gasteiger partial charge in [-0.2, -0.15) is 0 Å². The molecule has 11 rings (SSSR count). The molecule has 6 aromatic rings. The minimum Gasteiger partial charge on any atom is -0.311 e. The van der Waals surface area contributed by atoms with E-state index in [1.54, 1.807) is 11.1 Å². The SMILES string of the molecule is CC1(C)C2CCC1(C)C1(C2)c2ccccc2-c2ccc(N3c4ccccc4B4c5ccccc5N(c5ccccc5)c5cccc3c54)cc21. The van der Waals surface area contributed by atoms with E-state index in [0.29, 0.717) is 0 Å². The minimum absolute atomic E-state index is 0.0261. The van der Waals surface area contributed by atoms with E-state index < -0.39 is 0 Å². The van der Waals surface area contributed by atoms with E-state index in [9.17, 15) is 0 Å². The van der Waals surface area contributed by atoms with E-state index in [2.05, 4.69) is 170 Å². The standard InChI is InChI=1S/C46H39BN2/c1-44(2)30-26-27-45(44,3)46(29-30)35-17-8-7-16-33(35)34-25-24-32(28-36(34)46)49-40-21-12-10-19-38(40)47-37-18-9-11-20-39(37)48(31-14-5-4-6-15-31)41-22-13-23-42(49)43(41)47/h4-25,28,30H,26-27,29H2,1-3H3. The Kier molecular flexibility index (Phi) is 5.33. The third-order valence-electron chi connectivity index (χ3n) is 14.2. The van der Waals surface area contributed by atoms with Crippen LogP contribution in [0.3, 0.4) is 0 Å². The highest BCUT2D eigenvalue weighted by molar-refractivity contribution is 7.00. The van der Waals surface area contributed by atoms with Crippen molar-refractivity contribution in [1.29, 1.82) is 0 Å². The van der Waals surface area contributed by atoms with E-state index in [1.807, 2.05) is 0 Å². The van der Waals surface area contributed by atoms with Crippen molar-refractivity contribution in [3.63, 3.8) is 0 Å². The fourth-order valence-electron chi connectivity index (χ4n) is 11.6. The van der Waals surface area contributed by atoms with E-state index in [-0.39, 0.29) is 23.0 Å². The second-order valence-corrected chi connectivity index (χ2v) is 15.9. The van der Waals surface area contributed by atoms with Crippen LogP contribution in [0.5, 0.6) is 0 Å². The second kappa shape index (κ2) is 9.36. The summed E-state index contributed by atoms with van der Waals surface area (Å²) in [6.07, 6.45) is 3.88. The van der Waals surface area contributed by atoms with Crippen molar-refractivity contribution in [2.24, 2.45) is 16.7 Å². The molecule has 3 atom stereocenters. The number of anilines is 6. The highest BCUT2D eigenvalue weighted by Gasteiger charge is 2.71. The van der Waals surface area contributed by atoms with Crippen LogP contribution in [-0.4, -0.2) is 6.71 Å². The molecule has 3 unspecified atom stereocenters. The molecule has 2 nitrogen and oxygen atoms in total. The molecule has 2 bridgehead atoms. The van der Waals surface area contributed by atoms with Gasteiger partial charge in [-0.15, -0.1) is 0 Å². The van der Waals surface area contributed by atoms with Gasteiger partial charge in [0.2, 0.25) is 0 Å². The van der Waals surface area contributed by atoms with Gasteiger partial charge in [0.1, 0.15) is 0 Å². The maximum atomic E-state index is 2.63. The summed E-state index contributed by atoms with van der Waals surface area (Å²) < 4.78 is 0. The molecule has 0 amide bonds. The number of hydrogen-bond acceptors (Lipinski definition) is 2. The van der Waals surface area contributed by atoms with Crippen molar-refractivity contribution in [3.8, 4) is 11.1 Å². The van der Waals surface area contributed by atoms with E-state index in [1.165, 1.54) is 80.9 Å². The molecule has 2 fully saturated rings. The molecule has 0 radical (unpaired) electrons. The molecule has 0 N–H and O–H groups in total. The highest BCUT2D eigenvalue weighted by Crippen LogP contribution is 2.78. The van der Waals surface area contributed by atoms with Crippen LogP contribution >= 0.6 is 0 Å². The topological polar surface area (TPSA) is 6.48 Å². The zero-order valence-corrected chi connectivity index (χ0v) is 28.4. The van der Waals surface area contributed by atoms with Gasteiger partial charge in [0.25, 0.3) is 6.71 Å². The highest BCUT2D eigenvalue weighted by atomic mass is 15.2. The van der Waals surface area contributed by atoms with Gasteiger partial charge in [0.05, 0.1) is 0 Å². The summed E-state index contributed by atoms with van der Waals surface area (Å²) >= 11 is 0. The first kappa shape index (κ1) is 27.9. The second-order valence-electron chi connectivity index (χ2n) is 15.9. The van der Waals surface area contributed by atoms with Crippen molar-refractivity contribution >= 4 is 57.2 Å². The molecule has 236 valence electrons. The summed E-state index contributed by atoms with van der Waals surface area (Å²) in [7, 11) is 0. The Morgan fingerprint density at radius 3 is 1.82 bits per heavy atom. The van der Waals surface area contributed by atoms with Crippen molar-refractivity contribution in [3.05, 3.63) is 151 Å². The van der Waals surface area contributed by atoms with Crippen LogP contribution in [0.25, 0.3) is 11.1 Å². The lowest BCUT2D eigenvalue weighted by molar-refractivity contribution is 0.0990. The van der Waals surface area contributed by atoms with E-state index in [4.69, 9.17) is 0 Å². The Morgan fingerprint density at radius 2 is 1.14 bits per heavy atom. The van der Waals surface area contributed by atoms with Crippen molar-refractivity contribution < 1.29 is 0 Å². The van der Waals surface area contributed by atoms with E-state index >= 15 is 0 Å². The maximum absolute atomic E-state index is 2.63. The minimum atomic E-state index is 0.0261. The van der Waals surface area contributed by atoms with Crippen molar-refractivity contribution in [2.45, 2.75) is 45.4 Å². The number of para-hydroxylation sites is 3. The zero-order chi connectivity index (χ0) is 32.7. The lowest BCUT2D eigenvalue weighted by Crippen LogP contribution is -2.61. The molecular formula is C46H39BN2. The molecule has 0 saturated heterocycles. The first-order valence-corrected chi connectivity index (χ1v) is 18.1. The van der Waals surface area contributed by atoms with Crippen molar-refractivity contribution in [1.82, 2.24) is 0 Å². The Bertz CT molecular complexity index is 2360. The fourth-order valence-corrected chi connectivity index (χ4v) is 11.6. The summed E-state index contributed by atoms with van der Waals surface area (Å²) in [5.74, 6) is 0.738. The summed E-state index contributed by atoms with van der Waals surface area (Å²) in [4.78, 5) is 5.06. The van der Waals surface area contributed by atoms with Gasteiger partial charge in [-0.05, 0) is 123 Å². The lowest BCUT2D eigenvalue weighted by Gasteiger charge is -2.48. The maximum Gasteiger partial charge on any atom is 0.252 e. The molecule has 3 aliphatic carbocycles. The van der Waals surface area contributed by atoms with Crippen LogP contribution < -0.4 is 26.2 Å². The predicted octanol–water partition coefficient (Wildman–Crippen LogP) is 9.88. The molecule has 1 spiro atoms. The van der Waals surface area contributed by atoms with Crippen LogP contribution in [0, 0.1) is 16.7 Å². The zero-order valence-electron chi connectivity index (χ0n) is 28.4. The Hall–Kier alpha value is -5.02. The summed E-state index contributed by atoms with van der Waals surface area (Å²) in [6, 6.07) is 52.8. The monoisotopic (exact) mass is 630 g/mol. The van der Waals surface area contributed by atoms with Crippen LogP contribution in [0.4, 0.5) is 34.1 Å². The normalized spacial score (nSPS) is 24.4. The largest absolute Gasteiger partial charge is 0.311 e. The molecule has 2 heterocycles. The van der Waals surface area contributed by atoms with Gasteiger partial charge in [-0.1, -0.05) is 112 Å². The summed E-state index contributed by atoms with van der Waals surface area (Å²) in [6.45, 7) is 7.92. The van der Waals surface area contributed by atoms with E-state index in [0.717, 1.165) is 5.92 Å². The summed E-state index contributed by atoms with van der Waals surface area (Å²) in [5.41, 5.74) is 18.1. The molecule has 2 aliphatic heterocycles. The molecular weight excluding hydrogens is 591 g/mol. The average Bonchev–Trinajstić information content (AvgIpc) is 3.62. The Balaban J connectivity index is 1.17. The van der Waals surface area contributed by atoms with Crippen LogP contribution in [-0.2, 0) is 5.41 Å². The number of rotatable bonds is 2. The van der Waals surface area contributed by atoms with Gasteiger partial charge in [0.15, 0.2) is 0 Å². The van der Waals surface area contributed by atoms with Gasteiger partial charge in [0, 0.05) is 39.5 Å². The third kappa shape index (κ3) is 3.21. The Labute approximate surface area is 290 Å². The fraction of sp³-hybridized carbons (Fsp3) is 0.217. The van der Waals surface area contributed by atoms with Crippen LogP contribution in [0.2, 0.25) is 0 Å². The number of benzene rings is 6. The molecule has 2 saturated carbocycles. The van der Waals surface area contributed by atoms with Crippen molar-refractivity contribution in [2.75, 3.05) is 9.80 Å². The average molecular weight is 631 g/mol. The van der Waals surface area contributed by atoms with Gasteiger partial charge < -0.3 is 9.80 Å². The Morgan fingerprint density at radius 1 is 0.551 bits per heavy atom. The molecule has 49 heavy (non-hydrogen) atoms. The molecule has 5 aliphatic rings. The van der Waals surface area contributed by atoms with Gasteiger partial charge >= 0.3 is 0 Å². The lowest BCUT2D eigenvalue weighted by atomic mass is 9.33. The molecule has 0 aromatic heterocycles. The quantitative estimate of drug-likeness (QED) is 0.176. The summed E-state index contributed by atoms with van der Waals surface area (Å²) in [5, 5.41) is 0. The first-order valence-electron chi connectivity index (χ1n) is 18.1. The number of hydrogen-bond donors (Lipinski definition) is 0. The van der Waals surface area contributed by atoms with Crippen LogP contribution in [0.1, 0.15) is 51.2 Å². The first-order chi connectivity index (χ1) is 23.9. The smallest absolute Gasteiger partial charge is 0.252 e. The molecule has 3 heteroatoms. The van der Waals surface area contributed by atoms with Crippen LogP contribution in [0.15, 0.2) is 140 Å². The molecule has 6 aromatic carbocycles.